The van der Waals surface area contributed by atoms with Crippen LogP contribution >= 0.6 is 0 Å². The number of primary amides is 1. The number of carbonyl (C=O) groups excluding carboxylic acids is 8. The number of rotatable bonds is 41. The molecule has 0 radical (unpaired) electrons. The molecule has 3 atom stereocenters. The largest absolute Gasteiger partial charge is 0.445 e. The molecule has 35 heteroatoms. The minimum absolute atomic E-state index is 0.000164. The lowest BCUT2D eigenvalue weighted by molar-refractivity contribution is -0.437. The minimum atomic E-state index is -4.70. The summed E-state index contributed by atoms with van der Waals surface area (Å²) in [6.45, 7) is 9.70. The Bertz CT molecular complexity index is 4250. The van der Waals surface area contributed by atoms with Gasteiger partial charge in [0.15, 0.2) is 5.71 Å². The molecule has 0 bridgehead atoms. The van der Waals surface area contributed by atoms with Crippen LogP contribution in [0.5, 0.6) is 0 Å². The van der Waals surface area contributed by atoms with Crippen molar-refractivity contribution in [2.24, 2.45) is 11.7 Å². The maximum Gasteiger partial charge on any atom is 0.407 e. The number of fused-ring (bicyclic) bond motifs is 2. The van der Waals surface area contributed by atoms with Crippen LogP contribution in [0.3, 0.4) is 0 Å². The molecule has 3 aliphatic heterocycles. The first-order chi connectivity index (χ1) is 48.3. The van der Waals surface area contributed by atoms with E-state index in [1.807, 2.05) is 25.7 Å². The van der Waals surface area contributed by atoms with E-state index in [-0.39, 0.29) is 118 Å². The van der Waals surface area contributed by atoms with E-state index >= 15 is 0 Å². The molecule has 0 aliphatic carbocycles. The molecule has 564 valence electrons. The fourth-order valence-electron chi connectivity index (χ4n) is 12.3. The number of hydrogen-bond donors (Lipinski definition) is 11. The quantitative estimate of drug-likeness (QED) is 0.0106. The summed E-state index contributed by atoms with van der Waals surface area (Å²) in [5.41, 5.74) is 7.55. The van der Waals surface area contributed by atoms with E-state index in [0.29, 0.717) is 96.5 Å². The van der Waals surface area contributed by atoms with E-state index < -0.39 is 105 Å². The summed E-state index contributed by atoms with van der Waals surface area (Å²) in [5.74, 6) is -4.13. The fourth-order valence-corrected chi connectivity index (χ4v) is 14.3. The van der Waals surface area contributed by atoms with Crippen molar-refractivity contribution in [3.63, 3.8) is 0 Å². The van der Waals surface area contributed by atoms with Crippen LogP contribution in [-0.4, -0.2) is 177 Å². The first-order valence-corrected chi connectivity index (χ1v) is 39.7. The van der Waals surface area contributed by atoms with Gasteiger partial charge < -0.3 is 47.3 Å². The zero-order valence-electron chi connectivity index (χ0n) is 58.1. The third kappa shape index (κ3) is 25.3. The molecule has 0 spiro atoms. The average Bonchev–Trinajstić information content (AvgIpc) is 1.59. The number of nitrogens with two attached hydrogens (primary N) is 1. The van der Waals surface area contributed by atoms with Crippen molar-refractivity contribution in [3.8, 4) is 0 Å². The molecule has 0 saturated carbocycles. The average molecular weight is 1510 g/mol. The smallest absolute Gasteiger partial charge is 0.407 e. The second-order valence-electron chi connectivity index (χ2n) is 26.2. The predicted molar refractivity (Wildman–Crippen MR) is 382 cm³/mol. The number of anilines is 2. The Balaban J connectivity index is 0.990. The van der Waals surface area contributed by atoms with Crippen molar-refractivity contribution >= 4 is 111 Å². The molecule has 103 heavy (non-hydrogen) atoms. The topological polar surface area (TPSA) is 471 Å². The van der Waals surface area contributed by atoms with E-state index in [2.05, 4.69) is 31.9 Å². The van der Waals surface area contributed by atoms with Gasteiger partial charge in [0.25, 0.3) is 52.3 Å². The highest BCUT2D eigenvalue weighted by molar-refractivity contribution is 7.86. The molecule has 0 fully saturated rings. The van der Waals surface area contributed by atoms with Crippen molar-refractivity contribution in [3.05, 3.63) is 126 Å². The number of ether oxygens (including phenoxy) is 1. The first-order valence-electron chi connectivity index (χ1n) is 33.6. The first kappa shape index (κ1) is 83.2. The van der Waals surface area contributed by atoms with Gasteiger partial charge >= 0.3 is 12.1 Å². The predicted octanol–water partition coefficient (Wildman–Crippen LogP) is 5.77. The van der Waals surface area contributed by atoms with Crippen molar-refractivity contribution in [1.82, 2.24) is 31.5 Å². The van der Waals surface area contributed by atoms with Gasteiger partial charge in [0.05, 0.1) is 26.7 Å². The van der Waals surface area contributed by atoms with Gasteiger partial charge in [-0.15, -0.1) is 0 Å². The Morgan fingerprint density at radius 2 is 1.21 bits per heavy atom. The van der Waals surface area contributed by atoms with Crippen molar-refractivity contribution in [2.75, 3.05) is 61.0 Å². The van der Waals surface area contributed by atoms with Crippen molar-refractivity contribution in [1.29, 1.82) is 0 Å². The van der Waals surface area contributed by atoms with Gasteiger partial charge in [-0.05, 0) is 138 Å². The van der Waals surface area contributed by atoms with Gasteiger partial charge in [0.2, 0.25) is 29.3 Å². The van der Waals surface area contributed by atoms with Crippen LogP contribution in [0.15, 0.2) is 119 Å². The van der Waals surface area contributed by atoms with E-state index in [4.69, 9.17) is 10.5 Å². The number of urea groups is 1. The van der Waals surface area contributed by atoms with Gasteiger partial charge in [0.1, 0.15) is 25.2 Å². The molecular weight excluding hydrogens is 1420 g/mol. The van der Waals surface area contributed by atoms with E-state index in [9.17, 15) is 90.2 Å². The summed E-state index contributed by atoms with van der Waals surface area (Å²) in [5, 5.41) is 16.1. The molecule has 3 aromatic carbocycles. The Labute approximate surface area is 600 Å². The van der Waals surface area contributed by atoms with Crippen LogP contribution in [-0.2, 0) is 91.4 Å². The van der Waals surface area contributed by atoms with Crippen LogP contribution < -0.4 is 42.5 Å². The molecule has 0 saturated heterocycles. The number of benzene rings is 3. The number of carbonyl (C=O) groups is 8. The zero-order valence-corrected chi connectivity index (χ0v) is 61.4. The summed E-state index contributed by atoms with van der Waals surface area (Å²) >= 11 is 0. The number of nitrogens with zero attached hydrogens (tertiary/aromatic N) is 3. The number of imide groups is 1. The summed E-state index contributed by atoms with van der Waals surface area (Å²) in [6.07, 6.45) is 14.4. The van der Waals surface area contributed by atoms with Gasteiger partial charge in [-0.2, -0.15) is 38.2 Å². The summed E-state index contributed by atoms with van der Waals surface area (Å²) in [7, 11) is -18.0. The molecular formula is C68H93N10O21S4+. The maximum absolute atomic E-state index is 13.7. The van der Waals surface area contributed by atoms with Gasteiger partial charge in [-0.25, -0.2) is 9.59 Å². The van der Waals surface area contributed by atoms with Crippen LogP contribution in [0.2, 0.25) is 0 Å². The maximum atomic E-state index is 13.7. The summed E-state index contributed by atoms with van der Waals surface area (Å²) in [4.78, 5) is 103. The Hall–Kier alpha value is -8.71. The number of nitrogens with one attached hydrogen (secondary N) is 6. The zero-order chi connectivity index (χ0) is 76.1. The molecule has 0 aromatic heterocycles. The lowest BCUT2D eigenvalue weighted by atomic mass is 9.77. The van der Waals surface area contributed by atoms with Crippen LogP contribution in [0, 0.1) is 5.92 Å². The third-order valence-corrected chi connectivity index (χ3v) is 20.9. The summed E-state index contributed by atoms with van der Waals surface area (Å²) < 4.78 is 143. The minimum Gasteiger partial charge on any atom is -0.445 e. The SMILES string of the molecule is CC(C)[C@H](NC(=O)CCCCCN1C(=O)C=CC1=O)C(=O)N[C@@H](CCCNC(N)=O)C(=O)Nc1ccc(COC(=O)NCCCNC(=O)CCCCCC2(C)\C(=C/C=C/C=C/C3=[N+](CCCS(=O)(=O)O)c4ccc(S(=O)(=O)O)cc4C3(C)C)N(CCCS(=O)(=O)O)c3ccc(S(=O)(=O)O)cc32)cc1. The number of alkyl carbamates (subject to hydrolysis) is 1. The lowest BCUT2D eigenvalue weighted by Gasteiger charge is -2.30. The van der Waals surface area contributed by atoms with Crippen molar-refractivity contribution in [2.45, 2.75) is 164 Å². The second-order valence-corrected chi connectivity index (χ2v) is 32.2. The fraction of sp³-hybridized carbons (Fsp3) is 0.485. The van der Waals surface area contributed by atoms with Crippen LogP contribution in [0.1, 0.15) is 141 Å². The highest BCUT2D eigenvalue weighted by Gasteiger charge is 2.46. The normalized spacial score (nSPS) is 16.9. The highest BCUT2D eigenvalue weighted by Crippen LogP contribution is 2.51. The number of unbranched alkanes of at least 4 members (excludes halogenated alkanes) is 4. The Morgan fingerprint density at radius 3 is 1.84 bits per heavy atom. The molecule has 12 N–H and O–H groups in total. The van der Waals surface area contributed by atoms with E-state index in [0.717, 1.165) is 4.90 Å². The van der Waals surface area contributed by atoms with Gasteiger partial charge in [0, 0.05) is 104 Å². The number of allylic oxidation sites excluding steroid dienone is 6. The number of hydrogen-bond acceptors (Lipinski definition) is 18. The molecule has 3 aliphatic rings. The molecule has 3 heterocycles. The Morgan fingerprint density at radius 1 is 0.621 bits per heavy atom. The number of amides is 9. The molecule has 3 aromatic rings. The third-order valence-electron chi connectivity index (χ3n) is 17.6. The lowest BCUT2D eigenvalue weighted by Crippen LogP contribution is -2.54. The van der Waals surface area contributed by atoms with Crippen molar-refractivity contribution < 1.29 is 99.6 Å². The molecule has 9 amide bonds. The molecule has 6 rings (SSSR count). The molecule has 1 unspecified atom stereocenters. The monoisotopic (exact) mass is 1510 g/mol. The van der Waals surface area contributed by atoms with E-state index in [1.165, 1.54) is 48.6 Å². The summed E-state index contributed by atoms with van der Waals surface area (Å²) in [6, 6.07) is 11.6. The van der Waals surface area contributed by atoms with E-state index in [1.54, 1.807) is 73.1 Å². The van der Waals surface area contributed by atoms with Crippen LogP contribution in [0.4, 0.5) is 26.7 Å². The van der Waals surface area contributed by atoms with Gasteiger partial charge in [-0.3, -0.25) is 51.9 Å². The standard InChI is InChI=1S/C68H92N10O21S4/c1-46(2)62(75-59(80)23-12-8-14-38-78-60(81)32-33-61(78)82)64(84)74-53(19-15-35-71-65(69)85)63(83)73-48-26-24-47(25-27-48)45-99-66(86)72-37-16-36-70-58(79)22-11-7-13-34-68(5)52-44-50(103(96,97)98)29-31-55(52)77(40-18-42-101(90,91)92)57(68)21-10-6-9-20-56-67(3,4)51-43-49(102(93,94)95)28-30-54(51)76(56)39-17-41-100(87,88)89/h6,9-10,20-21,24-33,43-44,46,53,62H,7-8,11-19,22-23,34-42,45H2,1-5H3,(H11-,69,70,71,72,73,74,75,79,80,83,84,85,86,87,88,89,90,91,92,93,94,95,96,97,98)/p+1/t53-,62-,68?/m0/s1. The Kier molecular flexibility index (Phi) is 30.0. The van der Waals surface area contributed by atoms with Gasteiger partial charge in [-0.1, -0.05) is 63.5 Å². The molecule has 31 nitrogen and oxygen atoms in total. The highest BCUT2D eigenvalue weighted by atomic mass is 32.2. The van der Waals surface area contributed by atoms with Crippen LogP contribution in [0.25, 0.3) is 0 Å². The second kappa shape index (κ2) is 37.1.